The fourth-order valence-corrected chi connectivity index (χ4v) is 4.24. The topological polar surface area (TPSA) is 43.8 Å². The van der Waals surface area contributed by atoms with E-state index in [2.05, 4.69) is 18.9 Å². The maximum atomic E-state index is 12.7. The lowest BCUT2D eigenvalue weighted by atomic mass is 9.71. The van der Waals surface area contributed by atoms with Crippen LogP contribution in [0.25, 0.3) is 0 Å². The Hall–Kier alpha value is -1.39. The lowest BCUT2D eigenvalue weighted by Gasteiger charge is -2.48. The summed E-state index contributed by atoms with van der Waals surface area (Å²) in [5.41, 5.74) is 2.24. The zero-order valence-corrected chi connectivity index (χ0v) is 14.3. The van der Waals surface area contributed by atoms with Gasteiger partial charge in [-0.15, -0.1) is 0 Å². The van der Waals surface area contributed by atoms with Gasteiger partial charge in [0.15, 0.2) is 0 Å². The quantitative estimate of drug-likeness (QED) is 0.909. The van der Waals surface area contributed by atoms with Crippen LogP contribution in [0.15, 0.2) is 24.3 Å². The van der Waals surface area contributed by atoms with Gasteiger partial charge in [0.2, 0.25) is 0 Å². The molecule has 4 nitrogen and oxygen atoms in total. The summed E-state index contributed by atoms with van der Waals surface area (Å²) in [5.74, 6) is 0.146. The van der Waals surface area contributed by atoms with E-state index in [0.29, 0.717) is 0 Å². The first-order valence-electron chi connectivity index (χ1n) is 8.76. The standard InChI is InChI=1S/C19H28N2O2/c1-3-15-4-6-16(7-5-15)18(23)21-10-8-19(9-11-21)12-17(22)13-20(2)14-19/h4-7,17,22H,3,8-14H2,1-2H3. The van der Waals surface area contributed by atoms with Crippen molar-refractivity contribution in [3.63, 3.8) is 0 Å². The van der Waals surface area contributed by atoms with Crippen LogP contribution in [0.5, 0.6) is 0 Å². The predicted molar refractivity (Wildman–Crippen MR) is 91.5 cm³/mol. The zero-order chi connectivity index (χ0) is 16.4. The highest BCUT2D eigenvalue weighted by Crippen LogP contribution is 2.39. The van der Waals surface area contributed by atoms with Gasteiger partial charge in [0.25, 0.3) is 5.91 Å². The number of rotatable bonds is 2. The first-order valence-corrected chi connectivity index (χ1v) is 8.76. The largest absolute Gasteiger partial charge is 0.392 e. The minimum Gasteiger partial charge on any atom is -0.392 e. The smallest absolute Gasteiger partial charge is 0.253 e. The number of aliphatic hydroxyl groups is 1. The average Bonchev–Trinajstić information content (AvgIpc) is 2.54. The van der Waals surface area contributed by atoms with Crippen LogP contribution in [0.1, 0.15) is 42.1 Å². The third-order valence-corrected chi connectivity index (χ3v) is 5.52. The maximum Gasteiger partial charge on any atom is 0.253 e. The van der Waals surface area contributed by atoms with Gasteiger partial charge in [0.05, 0.1) is 6.10 Å². The van der Waals surface area contributed by atoms with E-state index in [9.17, 15) is 9.90 Å². The Bertz CT molecular complexity index is 535. The molecule has 2 heterocycles. The molecule has 1 aromatic carbocycles. The van der Waals surface area contributed by atoms with Crippen LogP contribution in [0.2, 0.25) is 0 Å². The van der Waals surface area contributed by atoms with Crippen molar-refractivity contribution in [3.05, 3.63) is 35.4 Å². The van der Waals surface area contributed by atoms with Crippen molar-refractivity contribution in [2.24, 2.45) is 5.41 Å². The number of piperidine rings is 2. The second kappa shape index (κ2) is 6.62. The molecule has 126 valence electrons. The molecular weight excluding hydrogens is 288 g/mol. The number of aryl methyl sites for hydroxylation is 1. The molecule has 1 N–H and O–H groups in total. The summed E-state index contributed by atoms with van der Waals surface area (Å²) in [6.07, 6.45) is 3.64. The Labute approximate surface area is 139 Å². The molecular formula is C19H28N2O2. The van der Waals surface area contributed by atoms with Crippen LogP contribution in [0, 0.1) is 5.41 Å². The summed E-state index contributed by atoms with van der Waals surface area (Å²) in [4.78, 5) is 16.9. The van der Waals surface area contributed by atoms with E-state index in [1.807, 2.05) is 29.2 Å². The van der Waals surface area contributed by atoms with Gasteiger partial charge >= 0.3 is 0 Å². The summed E-state index contributed by atoms with van der Waals surface area (Å²) in [5, 5.41) is 10.1. The monoisotopic (exact) mass is 316 g/mol. The second-order valence-corrected chi connectivity index (χ2v) is 7.40. The number of amides is 1. The molecule has 0 aromatic heterocycles. The molecule has 1 spiro atoms. The van der Waals surface area contributed by atoms with Crippen LogP contribution in [-0.2, 0) is 6.42 Å². The van der Waals surface area contributed by atoms with Crippen LogP contribution in [0.4, 0.5) is 0 Å². The molecule has 0 aliphatic carbocycles. The van der Waals surface area contributed by atoms with Crippen molar-refractivity contribution in [1.82, 2.24) is 9.80 Å². The third-order valence-electron chi connectivity index (χ3n) is 5.52. The van der Waals surface area contributed by atoms with E-state index < -0.39 is 0 Å². The lowest BCUT2D eigenvalue weighted by Crippen LogP contribution is -2.53. The third kappa shape index (κ3) is 3.59. The molecule has 1 unspecified atom stereocenters. The van der Waals surface area contributed by atoms with E-state index in [0.717, 1.165) is 57.4 Å². The van der Waals surface area contributed by atoms with Gasteiger partial charge in [-0.2, -0.15) is 0 Å². The summed E-state index contributed by atoms with van der Waals surface area (Å²) in [6.45, 7) is 5.53. The number of carbonyl (C=O) groups excluding carboxylic acids is 1. The van der Waals surface area contributed by atoms with E-state index in [1.54, 1.807) is 0 Å². The highest BCUT2D eigenvalue weighted by Gasteiger charge is 2.41. The van der Waals surface area contributed by atoms with Crippen molar-refractivity contribution in [3.8, 4) is 0 Å². The first kappa shape index (κ1) is 16.5. The number of benzene rings is 1. The summed E-state index contributed by atoms with van der Waals surface area (Å²) >= 11 is 0. The molecule has 2 fully saturated rings. The van der Waals surface area contributed by atoms with Gasteiger partial charge in [-0.1, -0.05) is 19.1 Å². The van der Waals surface area contributed by atoms with Crippen LogP contribution >= 0.6 is 0 Å². The highest BCUT2D eigenvalue weighted by atomic mass is 16.3. The maximum absolute atomic E-state index is 12.7. The fourth-order valence-electron chi connectivity index (χ4n) is 4.24. The molecule has 1 amide bonds. The summed E-state index contributed by atoms with van der Waals surface area (Å²) in [6, 6.07) is 7.99. The fraction of sp³-hybridized carbons (Fsp3) is 0.632. The zero-order valence-electron chi connectivity index (χ0n) is 14.3. The molecule has 1 aromatic rings. The molecule has 2 saturated heterocycles. The van der Waals surface area contributed by atoms with E-state index >= 15 is 0 Å². The number of carbonyl (C=O) groups is 1. The van der Waals surface area contributed by atoms with E-state index in [4.69, 9.17) is 0 Å². The Balaban J connectivity index is 1.62. The van der Waals surface area contributed by atoms with Crippen LogP contribution < -0.4 is 0 Å². The van der Waals surface area contributed by atoms with Crippen LogP contribution in [0.3, 0.4) is 0 Å². The van der Waals surface area contributed by atoms with Crippen molar-refractivity contribution < 1.29 is 9.90 Å². The van der Waals surface area contributed by atoms with Crippen LogP contribution in [-0.4, -0.2) is 60.1 Å². The van der Waals surface area contributed by atoms with Crippen molar-refractivity contribution in [2.75, 3.05) is 33.2 Å². The Morgan fingerprint density at radius 2 is 1.91 bits per heavy atom. The van der Waals surface area contributed by atoms with Gasteiger partial charge in [-0.25, -0.2) is 0 Å². The van der Waals surface area contributed by atoms with E-state index in [1.165, 1.54) is 5.56 Å². The summed E-state index contributed by atoms with van der Waals surface area (Å²) < 4.78 is 0. The number of nitrogens with zero attached hydrogens (tertiary/aromatic N) is 2. The molecule has 4 heteroatoms. The number of hydrogen-bond acceptors (Lipinski definition) is 3. The van der Waals surface area contributed by atoms with Crippen molar-refractivity contribution in [1.29, 1.82) is 0 Å². The second-order valence-electron chi connectivity index (χ2n) is 7.40. The van der Waals surface area contributed by atoms with Gasteiger partial charge in [-0.05, 0) is 55.8 Å². The SMILES string of the molecule is CCc1ccc(C(=O)N2CCC3(CC2)CC(O)CN(C)C3)cc1. The number of aliphatic hydroxyl groups excluding tert-OH is 1. The molecule has 2 aliphatic rings. The number of β-amino-alcohol motifs (C(OH)–C–C–N with tert-alkyl or cyclic N) is 1. The minimum absolute atomic E-state index is 0.146. The molecule has 1 atom stereocenters. The molecule has 0 saturated carbocycles. The average molecular weight is 316 g/mol. The van der Waals surface area contributed by atoms with Crippen molar-refractivity contribution >= 4 is 5.91 Å². The molecule has 3 rings (SSSR count). The Morgan fingerprint density at radius 3 is 2.48 bits per heavy atom. The van der Waals surface area contributed by atoms with Gasteiger partial charge in [-0.3, -0.25) is 4.79 Å². The number of likely N-dealkylation sites (N-methyl/N-ethyl adjacent to an activating group) is 1. The minimum atomic E-state index is -0.224. The lowest BCUT2D eigenvalue weighted by molar-refractivity contribution is -0.0286. The number of hydrogen-bond donors (Lipinski definition) is 1. The van der Waals surface area contributed by atoms with Gasteiger partial charge in [0, 0.05) is 31.7 Å². The molecule has 23 heavy (non-hydrogen) atoms. The van der Waals surface area contributed by atoms with Crippen molar-refractivity contribution in [2.45, 2.75) is 38.7 Å². The molecule has 0 radical (unpaired) electrons. The highest BCUT2D eigenvalue weighted by molar-refractivity contribution is 5.94. The Kier molecular flexibility index (Phi) is 4.74. The number of likely N-dealkylation sites (tertiary alicyclic amines) is 2. The predicted octanol–water partition coefficient (Wildman–Crippen LogP) is 2.17. The molecule has 2 aliphatic heterocycles. The van der Waals surface area contributed by atoms with Gasteiger partial charge < -0.3 is 14.9 Å². The Morgan fingerprint density at radius 1 is 1.26 bits per heavy atom. The van der Waals surface area contributed by atoms with Gasteiger partial charge in [0.1, 0.15) is 0 Å². The molecule has 0 bridgehead atoms. The van der Waals surface area contributed by atoms with E-state index in [-0.39, 0.29) is 17.4 Å². The summed E-state index contributed by atoms with van der Waals surface area (Å²) in [7, 11) is 2.08. The normalized spacial score (nSPS) is 24.8. The first-order chi connectivity index (χ1) is 11.0.